The molecule has 0 atom stereocenters. The second kappa shape index (κ2) is 4.03. The minimum atomic E-state index is -0.708. The minimum Gasteiger partial charge on any atom is -0.383 e. The summed E-state index contributed by atoms with van der Waals surface area (Å²) in [5.74, 6) is 0.0893. The molecule has 1 aliphatic rings. The number of rotatable bonds is 3. The molecule has 0 amide bonds. The molecule has 0 spiro atoms. The van der Waals surface area contributed by atoms with Gasteiger partial charge in [0.15, 0.2) is 5.78 Å². The van der Waals surface area contributed by atoms with Crippen molar-refractivity contribution in [2.24, 2.45) is 0 Å². The van der Waals surface area contributed by atoms with Crippen molar-refractivity contribution in [1.29, 1.82) is 0 Å². The monoisotopic (exact) mass is 240 g/mol. The molecule has 0 radical (unpaired) electrons. The van der Waals surface area contributed by atoms with Crippen LogP contribution in [0.2, 0.25) is 5.02 Å². The van der Waals surface area contributed by atoms with Crippen LogP contribution in [0.15, 0.2) is 12.3 Å². The predicted octanol–water partition coefficient (Wildman–Crippen LogP) is 2.07. The number of nitrogens with zero attached hydrogens (tertiary/aromatic N) is 1. The van der Waals surface area contributed by atoms with Crippen LogP contribution in [-0.2, 0) is 4.74 Å². The maximum atomic E-state index is 12.2. The van der Waals surface area contributed by atoms with E-state index in [1.807, 2.05) is 0 Å². The Morgan fingerprint density at radius 1 is 1.62 bits per heavy atom. The zero-order valence-electron chi connectivity index (χ0n) is 9.00. The number of carbonyl (C=O) groups excluding carboxylic acids is 1. The van der Waals surface area contributed by atoms with Crippen LogP contribution in [0.3, 0.4) is 0 Å². The van der Waals surface area contributed by atoms with E-state index in [9.17, 15) is 4.79 Å². The van der Waals surface area contributed by atoms with Crippen LogP contribution in [0.25, 0.3) is 0 Å². The average Bonchev–Trinajstić information content (AvgIpc) is 2.21. The molecule has 1 fully saturated rings. The number of carbonyl (C=O) groups is 1. The molecule has 0 unspecified atom stereocenters. The number of nitrogens with two attached hydrogens (primary N) is 1. The van der Waals surface area contributed by atoms with Gasteiger partial charge in [-0.15, -0.1) is 0 Å². The Hall–Kier alpha value is -1.13. The third-order valence-electron chi connectivity index (χ3n) is 3.10. The van der Waals surface area contributed by atoms with Crippen LogP contribution in [0.5, 0.6) is 0 Å². The maximum absolute atomic E-state index is 12.2. The highest BCUT2D eigenvalue weighted by Crippen LogP contribution is 2.38. The normalized spacial score (nSPS) is 17.9. The third kappa shape index (κ3) is 1.68. The summed E-state index contributed by atoms with van der Waals surface area (Å²) in [6, 6.07) is 1.55. The Kier molecular flexibility index (Phi) is 2.86. The van der Waals surface area contributed by atoms with E-state index in [-0.39, 0.29) is 11.6 Å². The van der Waals surface area contributed by atoms with Gasteiger partial charge in [0.25, 0.3) is 0 Å². The molecule has 86 valence electrons. The van der Waals surface area contributed by atoms with Crippen LogP contribution in [0, 0.1) is 0 Å². The summed E-state index contributed by atoms with van der Waals surface area (Å²) in [5.41, 5.74) is 5.32. The zero-order chi connectivity index (χ0) is 11.8. The van der Waals surface area contributed by atoms with Gasteiger partial charge in [-0.2, -0.15) is 0 Å². The Morgan fingerprint density at radius 2 is 2.31 bits per heavy atom. The third-order valence-corrected chi connectivity index (χ3v) is 3.30. The van der Waals surface area contributed by atoms with Gasteiger partial charge in [0.2, 0.25) is 0 Å². The smallest absolute Gasteiger partial charge is 0.198 e. The van der Waals surface area contributed by atoms with Gasteiger partial charge in [0.1, 0.15) is 11.4 Å². The van der Waals surface area contributed by atoms with Crippen LogP contribution in [0.4, 0.5) is 5.82 Å². The number of ether oxygens (including phenoxy) is 1. The summed E-state index contributed by atoms with van der Waals surface area (Å²) in [6.07, 6.45) is 3.88. The summed E-state index contributed by atoms with van der Waals surface area (Å²) < 4.78 is 5.31. The molecule has 0 saturated heterocycles. The number of pyridine rings is 1. The van der Waals surface area contributed by atoms with Crippen LogP contribution in [-0.4, -0.2) is 23.5 Å². The zero-order valence-corrected chi connectivity index (χ0v) is 9.75. The number of anilines is 1. The number of nitrogen functional groups attached to an aromatic ring is 1. The average molecular weight is 241 g/mol. The van der Waals surface area contributed by atoms with E-state index in [4.69, 9.17) is 22.1 Å². The summed E-state index contributed by atoms with van der Waals surface area (Å²) in [6.45, 7) is 0. The van der Waals surface area contributed by atoms with Crippen molar-refractivity contribution in [3.63, 3.8) is 0 Å². The molecule has 5 heteroatoms. The largest absolute Gasteiger partial charge is 0.383 e. The van der Waals surface area contributed by atoms with Gasteiger partial charge in [0, 0.05) is 13.3 Å². The summed E-state index contributed by atoms with van der Waals surface area (Å²) in [7, 11) is 1.55. The summed E-state index contributed by atoms with van der Waals surface area (Å²) in [4.78, 5) is 16.1. The summed E-state index contributed by atoms with van der Waals surface area (Å²) in [5, 5.41) is 0.406. The number of ketones is 1. The first-order valence-corrected chi connectivity index (χ1v) is 5.48. The van der Waals surface area contributed by atoms with Crippen molar-refractivity contribution in [1.82, 2.24) is 4.98 Å². The van der Waals surface area contributed by atoms with Gasteiger partial charge in [-0.05, 0) is 25.3 Å². The molecular formula is C11H13ClN2O2. The first-order chi connectivity index (χ1) is 7.59. The van der Waals surface area contributed by atoms with Crippen molar-refractivity contribution in [2.45, 2.75) is 24.9 Å². The van der Waals surface area contributed by atoms with Crippen LogP contribution >= 0.6 is 11.6 Å². The van der Waals surface area contributed by atoms with Crippen LogP contribution < -0.4 is 5.73 Å². The van der Waals surface area contributed by atoms with Crippen molar-refractivity contribution in [3.8, 4) is 0 Å². The van der Waals surface area contributed by atoms with E-state index in [1.54, 1.807) is 13.2 Å². The summed E-state index contributed by atoms with van der Waals surface area (Å²) >= 11 is 5.80. The topological polar surface area (TPSA) is 65.2 Å². The second-order valence-electron chi connectivity index (χ2n) is 3.97. The minimum absolute atomic E-state index is 0.117. The highest BCUT2D eigenvalue weighted by Gasteiger charge is 2.45. The first kappa shape index (κ1) is 11.4. The quantitative estimate of drug-likeness (QED) is 0.822. The Balaban J connectivity index is 2.37. The molecule has 1 aromatic heterocycles. The van der Waals surface area contributed by atoms with E-state index >= 15 is 0 Å². The lowest BCUT2D eigenvalue weighted by molar-refractivity contribution is -0.0447. The SMILES string of the molecule is COC1(C(=O)c2cc(Cl)cnc2N)CCC1. The Morgan fingerprint density at radius 3 is 2.81 bits per heavy atom. The molecule has 4 nitrogen and oxygen atoms in total. The first-order valence-electron chi connectivity index (χ1n) is 5.10. The Bertz CT molecular complexity index is 424. The molecule has 0 bridgehead atoms. The van der Waals surface area contributed by atoms with Crippen molar-refractivity contribution >= 4 is 23.2 Å². The molecule has 1 heterocycles. The lowest BCUT2D eigenvalue weighted by Crippen LogP contribution is -2.47. The maximum Gasteiger partial charge on any atom is 0.198 e. The molecule has 1 aliphatic carbocycles. The van der Waals surface area contributed by atoms with E-state index in [0.29, 0.717) is 10.6 Å². The van der Waals surface area contributed by atoms with Crippen molar-refractivity contribution in [3.05, 3.63) is 22.8 Å². The van der Waals surface area contributed by atoms with Gasteiger partial charge in [0.05, 0.1) is 10.6 Å². The van der Waals surface area contributed by atoms with Crippen molar-refractivity contribution in [2.75, 3.05) is 12.8 Å². The highest BCUT2D eigenvalue weighted by atomic mass is 35.5. The fraction of sp³-hybridized carbons (Fsp3) is 0.455. The molecule has 1 aromatic rings. The fourth-order valence-electron chi connectivity index (χ4n) is 1.90. The molecule has 2 N–H and O–H groups in total. The number of hydrogen-bond donors (Lipinski definition) is 1. The van der Waals surface area contributed by atoms with Gasteiger partial charge >= 0.3 is 0 Å². The number of Topliss-reactive ketones (excluding diaryl/α,β-unsaturated/α-hetero) is 1. The second-order valence-corrected chi connectivity index (χ2v) is 4.40. The molecule has 1 saturated carbocycles. The standard InChI is InChI=1S/C11H13ClN2O2/c1-16-11(3-2-4-11)9(15)8-5-7(12)6-14-10(8)13/h5-6H,2-4H2,1H3,(H2,13,14). The van der Waals surface area contributed by atoms with Crippen molar-refractivity contribution < 1.29 is 9.53 Å². The highest BCUT2D eigenvalue weighted by molar-refractivity contribution is 6.31. The molecule has 0 aliphatic heterocycles. The van der Waals surface area contributed by atoms with Crippen LogP contribution in [0.1, 0.15) is 29.6 Å². The number of methoxy groups -OCH3 is 1. The van der Waals surface area contributed by atoms with Gasteiger partial charge in [-0.25, -0.2) is 4.98 Å². The predicted molar refractivity (Wildman–Crippen MR) is 61.6 cm³/mol. The lowest BCUT2D eigenvalue weighted by atomic mass is 9.75. The molecular weight excluding hydrogens is 228 g/mol. The number of hydrogen-bond acceptors (Lipinski definition) is 4. The number of halogens is 1. The van der Waals surface area contributed by atoms with E-state index in [2.05, 4.69) is 4.98 Å². The lowest BCUT2D eigenvalue weighted by Gasteiger charge is -2.38. The Labute approximate surface area is 98.8 Å². The van der Waals surface area contributed by atoms with Gasteiger partial charge < -0.3 is 10.5 Å². The molecule has 2 rings (SSSR count). The van der Waals surface area contributed by atoms with E-state index < -0.39 is 5.60 Å². The van der Waals surface area contributed by atoms with Gasteiger partial charge in [-0.1, -0.05) is 11.6 Å². The molecule has 0 aromatic carbocycles. The van der Waals surface area contributed by atoms with E-state index in [1.165, 1.54) is 6.20 Å². The fourth-order valence-corrected chi connectivity index (χ4v) is 2.06. The van der Waals surface area contributed by atoms with Gasteiger partial charge in [-0.3, -0.25) is 4.79 Å². The molecule has 16 heavy (non-hydrogen) atoms. The van der Waals surface area contributed by atoms with E-state index in [0.717, 1.165) is 19.3 Å². The number of aromatic nitrogens is 1.